The molecule has 0 bridgehead atoms. The molecule has 1 saturated carbocycles. The first-order valence-electron chi connectivity index (χ1n) is 16.6. The Morgan fingerprint density at radius 1 is 0.766 bits per heavy atom. The second-order valence-corrected chi connectivity index (χ2v) is 12.7. The minimum Gasteiger partial charge on any atom is -0.473 e. The van der Waals surface area contributed by atoms with Crippen LogP contribution in [0.4, 0.5) is 0 Å². The van der Waals surface area contributed by atoms with E-state index in [0.29, 0.717) is 47.9 Å². The maximum atomic E-state index is 12.4. The third-order valence-electron chi connectivity index (χ3n) is 8.48. The van der Waals surface area contributed by atoms with Gasteiger partial charge >= 0.3 is 0 Å². The molecule has 1 aliphatic rings. The summed E-state index contributed by atoms with van der Waals surface area (Å²) in [5.41, 5.74) is 4.51. The van der Waals surface area contributed by atoms with Crippen LogP contribution in [0.5, 0.6) is 11.8 Å². The van der Waals surface area contributed by atoms with Crippen molar-refractivity contribution in [3.05, 3.63) is 119 Å². The Labute approximate surface area is 279 Å². The minimum atomic E-state index is -0.107. The van der Waals surface area contributed by atoms with E-state index in [1.54, 1.807) is 36.7 Å². The molecule has 0 radical (unpaired) electrons. The Bertz CT molecular complexity index is 1540. The number of carbonyl (C=O) groups is 2. The minimum absolute atomic E-state index is 0.0455. The van der Waals surface area contributed by atoms with Gasteiger partial charge in [-0.25, -0.2) is 9.97 Å². The number of aromatic nitrogens is 2. The zero-order valence-electron chi connectivity index (χ0n) is 28.2. The predicted octanol–water partition coefficient (Wildman–Crippen LogP) is 7.71. The zero-order valence-corrected chi connectivity index (χ0v) is 28.2. The Kier molecular flexibility index (Phi) is 13.3. The topological polar surface area (TPSA) is 102 Å². The lowest BCUT2D eigenvalue weighted by Gasteiger charge is -2.29. The van der Waals surface area contributed by atoms with Crippen molar-refractivity contribution in [3.63, 3.8) is 0 Å². The van der Waals surface area contributed by atoms with Crippen molar-refractivity contribution >= 4 is 11.8 Å². The van der Waals surface area contributed by atoms with Crippen LogP contribution in [0.2, 0.25) is 0 Å². The first-order chi connectivity index (χ1) is 22.7. The first kappa shape index (κ1) is 35.1. The predicted molar refractivity (Wildman–Crippen MR) is 185 cm³/mol. The molecule has 0 aliphatic heterocycles. The van der Waals surface area contributed by atoms with Gasteiger partial charge in [0.2, 0.25) is 11.8 Å². The van der Waals surface area contributed by atoms with Gasteiger partial charge in [0.1, 0.15) is 13.2 Å². The van der Waals surface area contributed by atoms with E-state index in [2.05, 4.69) is 47.4 Å². The standard InChI is InChI=1S/C20H24N2O2.C19H24N2O2/c1-15-7-5-6-10-18(15)22-20(23)17-11-12-19(21-13-17)24-14-16-8-3-2-4-9-16;1-13(2)15(4)21-19(22)17-8-9-18(20-11-17)23-12-16-7-5-6-14(3)10-16/h2-4,8-9,11-13,15,18H,5-7,10,14H2,1H3,(H,22,23);5-11,13,15H,12H2,1-4H3,(H,21,22). The molecule has 248 valence electrons. The fraction of sp³-hybridized carbons (Fsp3) is 0.385. The molecule has 8 heteroatoms. The molecule has 2 amide bonds. The van der Waals surface area contributed by atoms with E-state index in [0.717, 1.165) is 17.5 Å². The molecule has 3 atom stereocenters. The fourth-order valence-corrected chi connectivity index (χ4v) is 5.13. The van der Waals surface area contributed by atoms with Crippen molar-refractivity contribution in [1.29, 1.82) is 0 Å². The highest BCUT2D eigenvalue weighted by atomic mass is 16.5. The van der Waals surface area contributed by atoms with E-state index >= 15 is 0 Å². The number of hydrogen-bond donors (Lipinski definition) is 2. The second-order valence-electron chi connectivity index (χ2n) is 12.7. The summed E-state index contributed by atoms with van der Waals surface area (Å²) in [4.78, 5) is 32.9. The van der Waals surface area contributed by atoms with Crippen LogP contribution < -0.4 is 20.1 Å². The smallest absolute Gasteiger partial charge is 0.253 e. The molecule has 2 N–H and O–H groups in total. The number of ether oxygens (including phenoxy) is 2. The molecule has 3 unspecified atom stereocenters. The van der Waals surface area contributed by atoms with Crippen molar-refractivity contribution < 1.29 is 19.1 Å². The van der Waals surface area contributed by atoms with Crippen LogP contribution in [-0.4, -0.2) is 33.9 Å². The summed E-state index contributed by atoms with van der Waals surface area (Å²) in [6.07, 6.45) is 7.85. The molecule has 5 rings (SSSR count). The summed E-state index contributed by atoms with van der Waals surface area (Å²) in [7, 11) is 0. The number of nitrogens with zero attached hydrogens (tertiary/aromatic N) is 2. The number of carbonyl (C=O) groups excluding carboxylic acids is 2. The average molecular weight is 637 g/mol. The van der Waals surface area contributed by atoms with Gasteiger partial charge in [-0.05, 0) is 61.8 Å². The van der Waals surface area contributed by atoms with Crippen molar-refractivity contribution in [2.24, 2.45) is 11.8 Å². The summed E-state index contributed by atoms with van der Waals surface area (Å²) in [6, 6.07) is 25.5. The number of rotatable bonds is 11. The van der Waals surface area contributed by atoms with Crippen molar-refractivity contribution in [2.75, 3.05) is 0 Å². The van der Waals surface area contributed by atoms with Gasteiger partial charge in [0.25, 0.3) is 11.8 Å². The Morgan fingerprint density at radius 2 is 1.36 bits per heavy atom. The van der Waals surface area contributed by atoms with Crippen LogP contribution in [0, 0.1) is 18.8 Å². The Balaban J connectivity index is 0.000000213. The molecular formula is C39H48N4O4. The van der Waals surface area contributed by atoms with Gasteiger partial charge in [0.05, 0.1) is 11.1 Å². The van der Waals surface area contributed by atoms with E-state index in [1.165, 1.54) is 24.8 Å². The number of benzene rings is 2. The lowest BCUT2D eigenvalue weighted by atomic mass is 9.86. The van der Waals surface area contributed by atoms with Gasteiger partial charge in [-0.3, -0.25) is 9.59 Å². The summed E-state index contributed by atoms with van der Waals surface area (Å²) < 4.78 is 11.3. The van der Waals surface area contributed by atoms with E-state index in [-0.39, 0.29) is 23.9 Å². The lowest BCUT2D eigenvalue weighted by molar-refractivity contribution is 0.0907. The highest BCUT2D eigenvalue weighted by Gasteiger charge is 2.23. The highest BCUT2D eigenvalue weighted by Crippen LogP contribution is 2.24. The van der Waals surface area contributed by atoms with E-state index in [1.807, 2.05) is 62.4 Å². The van der Waals surface area contributed by atoms with Gasteiger partial charge in [-0.2, -0.15) is 0 Å². The van der Waals surface area contributed by atoms with Crippen LogP contribution in [-0.2, 0) is 13.2 Å². The quantitative estimate of drug-likeness (QED) is 0.175. The Hall–Kier alpha value is -4.72. The zero-order chi connectivity index (χ0) is 33.6. The summed E-state index contributed by atoms with van der Waals surface area (Å²) in [5.74, 6) is 1.83. The van der Waals surface area contributed by atoms with Crippen LogP contribution in [0.1, 0.15) is 90.8 Å². The van der Waals surface area contributed by atoms with Gasteiger partial charge in [0.15, 0.2) is 0 Å². The van der Waals surface area contributed by atoms with Gasteiger partial charge in [-0.15, -0.1) is 0 Å². The molecule has 2 aromatic carbocycles. The molecule has 1 fully saturated rings. The van der Waals surface area contributed by atoms with Gasteiger partial charge in [-0.1, -0.05) is 93.8 Å². The molecule has 4 aromatic rings. The van der Waals surface area contributed by atoms with Crippen LogP contribution >= 0.6 is 0 Å². The fourth-order valence-electron chi connectivity index (χ4n) is 5.13. The van der Waals surface area contributed by atoms with Crippen LogP contribution in [0.25, 0.3) is 0 Å². The van der Waals surface area contributed by atoms with E-state index in [9.17, 15) is 9.59 Å². The second kappa shape index (κ2) is 17.8. The first-order valence-corrected chi connectivity index (χ1v) is 16.6. The summed E-state index contributed by atoms with van der Waals surface area (Å²) >= 11 is 0. The molecule has 2 aromatic heterocycles. The number of hydrogen-bond acceptors (Lipinski definition) is 6. The third kappa shape index (κ3) is 11.5. The largest absolute Gasteiger partial charge is 0.473 e. The van der Waals surface area contributed by atoms with Gasteiger partial charge in [0, 0.05) is 36.6 Å². The normalized spacial score (nSPS) is 16.3. The molecule has 1 aliphatic carbocycles. The van der Waals surface area contributed by atoms with Crippen molar-refractivity contribution in [3.8, 4) is 11.8 Å². The van der Waals surface area contributed by atoms with Crippen LogP contribution in [0.15, 0.2) is 91.3 Å². The SMILES string of the molecule is CC1CCCCC1NC(=O)c1ccc(OCc2ccccc2)nc1.Cc1cccc(COc2ccc(C(=O)NC(C)C(C)C)cn2)c1. The highest BCUT2D eigenvalue weighted by molar-refractivity contribution is 5.94. The maximum Gasteiger partial charge on any atom is 0.253 e. The number of nitrogens with one attached hydrogen (secondary N) is 2. The average Bonchev–Trinajstić information content (AvgIpc) is 3.08. The lowest BCUT2D eigenvalue weighted by Crippen LogP contribution is -2.41. The molecule has 47 heavy (non-hydrogen) atoms. The van der Waals surface area contributed by atoms with E-state index < -0.39 is 0 Å². The van der Waals surface area contributed by atoms with E-state index in [4.69, 9.17) is 9.47 Å². The monoisotopic (exact) mass is 636 g/mol. The molecule has 0 spiro atoms. The van der Waals surface area contributed by atoms with Crippen molar-refractivity contribution in [1.82, 2.24) is 20.6 Å². The molecule has 2 heterocycles. The molecular weight excluding hydrogens is 588 g/mol. The molecule has 0 saturated heterocycles. The summed E-state index contributed by atoms with van der Waals surface area (Å²) in [5, 5.41) is 6.10. The third-order valence-corrected chi connectivity index (χ3v) is 8.48. The number of aryl methyl sites for hydroxylation is 1. The molecule has 8 nitrogen and oxygen atoms in total. The van der Waals surface area contributed by atoms with Crippen LogP contribution in [0.3, 0.4) is 0 Å². The van der Waals surface area contributed by atoms with Gasteiger partial charge < -0.3 is 20.1 Å². The summed E-state index contributed by atoms with van der Waals surface area (Å²) in [6.45, 7) is 11.3. The number of amides is 2. The maximum absolute atomic E-state index is 12.4. The van der Waals surface area contributed by atoms with Crippen molar-refractivity contribution in [2.45, 2.75) is 85.6 Å². The number of pyridine rings is 2. The Morgan fingerprint density at radius 3 is 1.94 bits per heavy atom.